The molecule has 0 aliphatic carbocycles. The Morgan fingerprint density at radius 1 is 1.39 bits per heavy atom. The molecule has 1 saturated heterocycles. The van der Waals surface area contributed by atoms with Gasteiger partial charge in [-0.15, -0.1) is 12.4 Å². The molecule has 1 amide bonds. The average molecular weight is 269 g/mol. The number of nitrogens with zero attached hydrogens (tertiary/aromatic N) is 1. The van der Waals surface area contributed by atoms with Crippen LogP contribution in [0.5, 0.6) is 0 Å². The molecule has 18 heavy (non-hydrogen) atoms. The van der Waals surface area contributed by atoms with Crippen LogP contribution in [0.2, 0.25) is 0 Å². The number of amides is 1. The monoisotopic (exact) mass is 268 g/mol. The third kappa shape index (κ3) is 3.47. The normalized spacial score (nSPS) is 19.2. The first-order chi connectivity index (χ1) is 8.20. The van der Waals surface area contributed by atoms with Gasteiger partial charge in [-0.2, -0.15) is 0 Å². The lowest BCUT2D eigenvalue weighted by atomic mass is 10.1. The molecule has 100 valence electrons. The second-order valence-corrected chi connectivity index (χ2v) is 4.66. The van der Waals surface area contributed by atoms with Crippen molar-refractivity contribution in [1.82, 2.24) is 10.2 Å². The van der Waals surface area contributed by atoms with E-state index in [0.29, 0.717) is 6.04 Å². The fourth-order valence-corrected chi connectivity index (χ4v) is 2.18. The van der Waals surface area contributed by atoms with E-state index in [9.17, 15) is 4.79 Å². The van der Waals surface area contributed by atoms with Gasteiger partial charge in [0.15, 0.2) is 0 Å². The van der Waals surface area contributed by atoms with Crippen molar-refractivity contribution in [2.24, 2.45) is 0 Å². The van der Waals surface area contributed by atoms with Gasteiger partial charge in [-0.1, -0.05) is 19.1 Å². The molecule has 1 heterocycles. The summed E-state index contributed by atoms with van der Waals surface area (Å²) < 4.78 is 0. The highest BCUT2D eigenvalue weighted by Crippen LogP contribution is 2.10. The highest BCUT2D eigenvalue weighted by molar-refractivity contribution is 5.94. The quantitative estimate of drug-likeness (QED) is 0.891. The van der Waals surface area contributed by atoms with Gasteiger partial charge >= 0.3 is 0 Å². The van der Waals surface area contributed by atoms with Crippen molar-refractivity contribution < 1.29 is 4.79 Å². The summed E-state index contributed by atoms with van der Waals surface area (Å²) in [5.74, 6) is 0.154. The second kappa shape index (κ2) is 6.76. The maximum absolute atomic E-state index is 12.2. The van der Waals surface area contributed by atoms with E-state index in [-0.39, 0.29) is 18.3 Å². The van der Waals surface area contributed by atoms with Crippen molar-refractivity contribution >= 4 is 18.3 Å². The Balaban J connectivity index is 0.00000162. The number of aryl methyl sites for hydroxylation is 1. The largest absolute Gasteiger partial charge is 0.336 e. The lowest BCUT2D eigenvalue weighted by molar-refractivity contribution is 0.0709. The van der Waals surface area contributed by atoms with Gasteiger partial charge in [-0.25, -0.2) is 0 Å². The number of rotatable bonds is 2. The van der Waals surface area contributed by atoms with E-state index in [2.05, 4.69) is 19.2 Å². The highest BCUT2D eigenvalue weighted by Gasteiger charge is 2.21. The third-order valence-corrected chi connectivity index (χ3v) is 3.27. The minimum Gasteiger partial charge on any atom is -0.336 e. The summed E-state index contributed by atoms with van der Waals surface area (Å²) in [7, 11) is 0. The van der Waals surface area contributed by atoms with Crippen molar-refractivity contribution in [1.29, 1.82) is 0 Å². The van der Waals surface area contributed by atoms with Crippen LogP contribution in [0.3, 0.4) is 0 Å². The number of nitrogens with one attached hydrogen (secondary N) is 1. The number of hydrogen-bond donors (Lipinski definition) is 1. The molecular formula is C14H21ClN2O. The van der Waals surface area contributed by atoms with Crippen LogP contribution in [0.25, 0.3) is 0 Å². The Labute approximate surface area is 115 Å². The number of carbonyl (C=O) groups excluding carboxylic acids is 1. The first kappa shape index (κ1) is 15.0. The molecule has 1 aromatic carbocycles. The van der Waals surface area contributed by atoms with Gasteiger partial charge in [-0.3, -0.25) is 4.79 Å². The molecular weight excluding hydrogens is 248 g/mol. The van der Waals surface area contributed by atoms with Crippen LogP contribution in [0.15, 0.2) is 24.3 Å². The van der Waals surface area contributed by atoms with Gasteiger partial charge in [0.05, 0.1) is 0 Å². The van der Waals surface area contributed by atoms with E-state index in [4.69, 9.17) is 0 Å². The fraction of sp³-hybridized carbons (Fsp3) is 0.500. The van der Waals surface area contributed by atoms with Gasteiger partial charge in [0.1, 0.15) is 0 Å². The number of piperazine rings is 1. The molecule has 1 aromatic rings. The van der Waals surface area contributed by atoms with Crippen LogP contribution in [0.4, 0.5) is 0 Å². The average Bonchev–Trinajstić information content (AvgIpc) is 2.38. The molecule has 0 bridgehead atoms. The molecule has 0 spiro atoms. The molecule has 0 radical (unpaired) electrons. The maximum atomic E-state index is 12.2. The van der Waals surface area contributed by atoms with Crippen LogP contribution >= 0.6 is 12.4 Å². The van der Waals surface area contributed by atoms with E-state index in [1.807, 2.05) is 29.2 Å². The number of carbonyl (C=O) groups is 1. The summed E-state index contributed by atoms with van der Waals surface area (Å²) in [5, 5.41) is 3.34. The third-order valence-electron chi connectivity index (χ3n) is 3.27. The molecule has 1 N–H and O–H groups in total. The van der Waals surface area contributed by atoms with E-state index in [1.165, 1.54) is 5.56 Å². The topological polar surface area (TPSA) is 32.3 Å². The van der Waals surface area contributed by atoms with Crippen LogP contribution in [-0.4, -0.2) is 36.5 Å². The molecule has 2 rings (SSSR count). The van der Waals surface area contributed by atoms with Gasteiger partial charge in [0.2, 0.25) is 0 Å². The standard InChI is InChI=1S/C14H20N2O.ClH/c1-3-12-4-6-13(7-5-12)14(17)16-9-8-15-11(2)10-16;/h4-7,11,15H,3,8-10H2,1-2H3;1H. The first-order valence-corrected chi connectivity index (χ1v) is 6.32. The molecule has 1 atom stereocenters. The smallest absolute Gasteiger partial charge is 0.253 e. The zero-order chi connectivity index (χ0) is 12.3. The zero-order valence-electron chi connectivity index (χ0n) is 11.0. The van der Waals surface area contributed by atoms with E-state index in [1.54, 1.807) is 0 Å². The summed E-state index contributed by atoms with van der Waals surface area (Å²) >= 11 is 0. The number of hydrogen-bond acceptors (Lipinski definition) is 2. The Kier molecular flexibility index (Phi) is 5.63. The van der Waals surface area contributed by atoms with Gasteiger partial charge in [0.25, 0.3) is 5.91 Å². The van der Waals surface area contributed by atoms with Crippen molar-refractivity contribution in [2.75, 3.05) is 19.6 Å². The zero-order valence-corrected chi connectivity index (χ0v) is 11.8. The molecule has 1 unspecified atom stereocenters. The molecule has 1 fully saturated rings. The summed E-state index contributed by atoms with van der Waals surface area (Å²) in [4.78, 5) is 14.2. The van der Waals surface area contributed by atoms with E-state index in [0.717, 1.165) is 31.6 Å². The van der Waals surface area contributed by atoms with E-state index >= 15 is 0 Å². The van der Waals surface area contributed by atoms with E-state index < -0.39 is 0 Å². The molecule has 4 heteroatoms. The predicted octanol–water partition coefficient (Wildman–Crippen LogP) is 2.10. The molecule has 1 aliphatic rings. The van der Waals surface area contributed by atoms with Crippen molar-refractivity contribution in [3.63, 3.8) is 0 Å². The molecule has 3 nitrogen and oxygen atoms in total. The van der Waals surface area contributed by atoms with Crippen LogP contribution in [0.1, 0.15) is 29.8 Å². The SMILES string of the molecule is CCc1ccc(C(=O)N2CCNC(C)C2)cc1.Cl. The summed E-state index contributed by atoms with van der Waals surface area (Å²) in [6.45, 7) is 6.72. The molecule has 0 aromatic heterocycles. The predicted molar refractivity (Wildman–Crippen MR) is 76.4 cm³/mol. The molecule has 1 aliphatic heterocycles. The lowest BCUT2D eigenvalue weighted by Gasteiger charge is -2.32. The Morgan fingerprint density at radius 2 is 2.06 bits per heavy atom. The van der Waals surface area contributed by atoms with Gasteiger partial charge in [-0.05, 0) is 31.0 Å². The first-order valence-electron chi connectivity index (χ1n) is 6.32. The van der Waals surface area contributed by atoms with Crippen molar-refractivity contribution in [3.05, 3.63) is 35.4 Å². The van der Waals surface area contributed by atoms with Gasteiger partial charge < -0.3 is 10.2 Å². The van der Waals surface area contributed by atoms with Crippen LogP contribution < -0.4 is 5.32 Å². The minimum atomic E-state index is 0. The van der Waals surface area contributed by atoms with Crippen molar-refractivity contribution in [2.45, 2.75) is 26.3 Å². The second-order valence-electron chi connectivity index (χ2n) is 4.66. The maximum Gasteiger partial charge on any atom is 0.253 e. The number of halogens is 1. The fourth-order valence-electron chi connectivity index (χ4n) is 2.18. The van der Waals surface area contributed by atoms with Gasteiger partial charge in [0, 0.05) is 31.2 Å². The highest BCUT2D eigenvalue weighted by atomic mass is 35.5. The molecule has 0 saturated carbocycles. The lowest BCUT2D eigenvalue weighted by Crippen LogP contribution is -2.51. The van der Waals surface area contributed by atoms with Crippen molar-refractivity contribution in [3.8, 4) is 0 Å². The van der Waals surface area contributed by atoms with Crippen LogP contribution in [0, 0.1) is 0 Å². The number of benzene rings is 1. The summed E-state index contributed by atoms with van der Waals surface area (Å²) in [5.41, 5.74) is 2.08. The summed E-state index contributed by atoms with van der Waals surface area (Å²) in [6, 6.07) is 8.35. The van der Waals surface area contributed by atoms with Crippen LogP contribution in [-0.2, 0) is 6.42 Å². The summed E-state index contributed by atoms with van der Waals surface area (Å²) in [6.07, 6.45) is 1.01. The Bertz CT molecular complexity index is 391. The Hall–Kier alpha value is -1.06. The minimum absolute atomic E-state index is 0. The Morgan fingerprint density at radius 3 is 2.61 bits per heavy atom.